The zero-order valence-corrected chi connectivity index (χ0v) is 19.3. The van der Waals surface area contributed by atoms with E-state index < -0.39 is 0 Å². The Hall–Kier alpha value is -5.03. The molecule has 0 radical (unpaired) electrons. The Morgan fingerprint density at radius 2 is 1.11 bits per heavy atom. The fourth-order valence-corrected chi connectivity index (χ4v) is 4.73. The van der Waals surface area contributed by atoms with Crippen LogP contribution in [-0.2, 0) is 0 Å². The summed E-state index contributed by atoms with van der Waals surface area (Å²) < 4.78 is 0. The van der Waals surface area contributed by atoms with Crippen LogP contribution in [0.25, 0.3) is 23.3 Å². The highest BCUT2D eigenvalue weighted by molar-refractivity contribution is 6.20. The van der Waals surface area contributed by atoms with Crippen molar-refractivity contribution in [3.8, 4) is 0 Å². The monoisotopic (exact) mass is 463 g/mol. The van der Waals surface area contributed by atoms with E-state index in [2.05, 4.69) is 64.6 Å². The number of rotatable bonds is 2. The van der Waals surface area contributed by atoms with E-state index in [0.717, 1.165) is 67.3 Å². The van der Waals surface area contributed by atoms with Crippen molar-refractivity contribution in [1.29, 1.82) is 0 Å². The smallest absolute Gasteiger partial charge is 0.140 e. The molecule has 3 aliphatic rings. The van der Waals surface area contributed by atoms with Crippen LogP contribution in [0.4, 0.5) is 0 Å². The van der Waals surface area contributed by atoms with Gasteiger partial charge in [0.25, 0.3) is 0 Å². The van der Waals surface area contributed by atoms with Crippen molar-refractivity contribution in [2.24, 2.45) is 9.98 Å². The fraction of sp³-hybridized carbons (Fsp3) is 0. The van der Waals surface area contributed by atoms with Gasteiger partial charge in [-0.05, 0) is 59.7 Å². The second-order valence-corrected chi connectivity index (χ2v) is 8.78. The maximum atomic E-state index is 5.10. The molecule has 5 nitrogen and oxygen atoms in total. The van der Waals surface area contributed by atoms with Gasteiger partial charge in [-0.2, -0.15) is 0 Å². The molecule has 2 aromatic carbocycles. The number of benzene rings is 2. The molecule has 0 unspecified atom stereocenters. The van der Waals surface area contributed by atoms with Crippen LogP contribution >= 0.6 is 0 Å². The average molecular weight is 464 g/mol. The summed E-state index contributed by atoms with van der Waals surface area (Å²) in [6, 6.07) is 24.7. The molecule has 5 heteroatoms. The minimum absolute atomic E-state index is 0.766. The molecule has 2 aromatic heterocycles. The number of aromatic amines is 2. The number of aliphatic imine (C=N–C) groups is 2. The third-order valence-corrected chi connectivity index (χ3v) is 6.37. The van der Waals surface area contributed by atoms with Crippen molar-refractivity contribution in [2.45, 2.75) is 0 Å². The van der Waals surface area contributed by atoms with Gasteiger partial charge >= 0.3 is 0 Å². The van der Waals surface area contributed by atoms with Crippen LogP contribution in [0.15, 0.2) is 125 Å². The lowest BCUT2D eigenvalue weighted by Gasteiger charge is -2.08. The zero-order chi connectivity index (χ0) is 23.9. The Morgan fingerprint density at radius 1 is 0.556 bits per heavy atom. The molecule has 0 aliphatic carbocycles. The topological polar surface area (TPSA) is 69.2 Å². The average Bonchev–Trinajstić information content (AvgIpc) is 3.72. The number of hydrogen-bond acceptors (Lipinski definition) is 3. The molecule has 0 fully saturated rings. The molecule has 3 aliphatic heterocycles. The first kappa shape index (κ1) is 20.4. The van der Waals surface area contributed by atoms with E-state index in [0.29, 0.717) is 0 Å². The van der Waals surface area contributed by atoms with Crippen molar-refractivity contribution in [2.75, 3.05) is 0 Å². The lowest BCUT2D eigenvalue weighted by molar-refractivity contribution is 1.21. The second-order valence-electron chi connectivity index (χ2n) is 8.78. The molecule has 0 amide bonds. The van der Waals surface area contributed by atoms with Gasteiger partial charge in [0, 0.05) is 22.5 Å². The van der Waals surface area contributed by atoms with Gasteiger partial charge in [0.2, 0.25) is 0 Å². The molecule has 0 atom stereocenters. The normalized spacial score (nSPS) is 16.1. The standard InChI is InChI=1S/C31H21N5/c1-3-7-20(8-4-1)29-26-15-13-24(34-26)17-22-11-12-23(33-22)18-25-14-16-27(35-25)30(21-9-5-2-6-10-21)31-32-19-28(29)36-31/h1-19,33H,(H,32,36). The number of aromatic nitrogens is 3. The summed E-state index contributed by atoms with van der Waals surface area (Å²) in [5.41, 5.74) is 8.41. The Labute approximate surface area is 207 Å². The van der Waals surface area contributed by atoms with E-state index in [1.54, 1.807) is 0 Å². The van der Waals surface area contributed by atoms with Gasteiger partial charge in [-0.25, -0.2) is 15.0 Å². The maximum Gasteiger partial charge on any atom is 0.140 e. The van der Waals surface area contributed by atoms with Gasteiger partial charge in [0.05, 0.1) is 34.1 Å². The molecule has 5 heterocycles. The Morgan fingerprint density at radius 3 is 1.72 bits per heavy atom. The van der Waals surface area contributed by atoms with Crippen molar-refractivity contribution >= 4 is 34.7 Å². The first-order chi connectivity index (χ1) is 17.8. The SMILES string of the molecule is C1=CC2=C(c3ccccc3)c3c[nH]c(n3)C(c3ccccc3)=C3C=CC(=N3)C=c3ccc([nH]3)=CC1=N2. The number of nitrogens with one attached hydrogen (secondary N) is 2. The largest absolute Gasteiger partial charge is 0.355 e. The number of hydrogen-bond donors (Lipinski definition) is 2. The fourth-order valence-electron chi connectivity index (χ4n) is 4.73. The van der Waals surface area contributed by atoms with Gasteiger partial charge in [-0.1, -0.05) is 60.7 Å². The van der Waals surface area contributed by atoms with Crippen molar-refractivity contribution < 1.29 is 0 Å². The summed E-state index contributed by atoms with van der Waals surface area (Å²) in [7, 11) is 0. The third kappa shape index (κ3) is 3.63. The van der Waals surface area contributed by atoms with Crippen LogP contribution in [0.1, 0.15) is 22.6 Å². The van der Waals surface area contributed by atoms with Crippen LogP contribution in [0.2, 0.25) is 0 Å². The highest BCUT2D eigenvalue weighted by atomic mass is 14.9. The summed E-state index contributed by atoms with van der Waals surface area (Å²) in [6.07, 6.45) is 14.3. The predicted octanol–water partition coefficient (Wildman–Crippen LogP) is 4.55. The van der Waals surface area contributed by atoms with Crippen LogP contribution in [0.5, 0.6) is 0 Å². The minimum atomic E-state index is 0.766. The first-order valence-electron chi connectivity index (χ1n) is 11.9. The number of allylic oxidation sites excluding steroid dienone is 4. The number of fused-ring (bicyclic) bond motifs is 6. The molecule has 0 saturated carbocycles. The number of H-pyrrole nitrogens is 2. The molecule has 7 rings (SSSR count). The second kappa shape index (κ2) is 8.32. The third-order valence-electron chi connectivity index (χ3n) is 6.37. The summed E-state index contributed by atoms with van der Waals surface area (Å²) in [5.74, 6) is 0.766. The minimum Gasteiger partial charge on any atom is -0.355 e. The summed E-state index contributed by atoms with van der Waals surface area (Å²) >= 11 is 0. The van der Waals surface area contributed by atoms with Gasteiger partial charge in [0.1, 0.15) is 5.82 Å². The maximum absolute atomic E-state index is 5.10. The van der Waals surface area contributed by atoms with E-state index >= 15 is 0 Å². The quantitative estimate of drug-likeness (QED) is 0.450. The molecule has 0 saturated heterocycles. The highest BCUT2D eigenvalue weighted by Gasteiger charge is 2.20. The summed E-state index contributed by atoms with van der Waals surface area (Å²) in [4.78, 5) is 21.9. The van der Waals surface area contributed by atoms with E-state index in [4.69, 9.17) is 15.0 Å². The summed E-state index contributed by atoms with van der Waals surface area (Å²) in [6.45, 7) is 0. The molecule has 4 aromatic rings. The van der Waals surface area contributed by atoms with E-state index in [-0.39, 0.29) is 0 Å². The molecule has 2 N–H and O–H groups in total. The number of nitrogens with zero attached hydrogens (tertiary/aromatic N) is 3. The zero-order valence-electron chi connectivity index (χ0n) is 19.3. The number of imidazole rings is 1. The first-order valence-corrected chi connectivity index (χ1v) is 11.9. The van der Waals surface area contributed by atoms with Crippen LogP contribution in [0, 0.1) is 0 Å². The van der Waals surface area contributed by atoms with Gasteiger partial charge in [0.15, 0.2) is 0 Å². The van der Waals surface area contributed by atoms with Gasteiger partial charge in [-0.3, -0.25) is 0 Å². The van der Waals surface area contributed by atoms with Crippen LogP contribution < -0.4 is 10.7 Å². The van der Waals surface area contributed by atoms with Crippen molar-refractivity contribution in [3.63, 3.8) is 0 Å². The lowest BCUT2D eigenvalue weighted by Crippen LogP contribution is -2.12. The molecule has 0 spiro atoms. The Kier molecular flexibility index (Phi) is 4.71. The highest BCUT2D eigenvalue weighted by Crippen LogP contribution is 2.33. The van der Waals surface area contributed by atoms with Crippen LogP contribution in [0.3, 0.4) is 0 Å². The molecular weight excluding hydrogens is 442 g/mol. The van der Waals surface area contributed by atoms with E-state index in [9.17, 15) is 0 Å². The molecule has 36 heavy (non-hydrogen) atoms. The molecular formula is C31H21N5. The van der Waals surface area contributed by atoms with Gasteiger partial charge in [-0.15, -0.1) is 0 Å². The van der Waals surface area contributed by atoms with Crippen LogP contribution in [-0.4, -0.2) is 26.4 Å². The van der Waals surface area contributed by atoms with Crippen molar-refractivity contribution in [3.05, 3.63) is 148 Å². The summed E-state index contributed by atoms with van der Waals surface area (Å²) in [5, 5.41) is 1.98. The Bertz CT molecular complexity index is 1670. The van der Waals surface area contributed by atoms with Crippen molar-refractivity contribution in [1.82, 2.24) is 15.0 Å². The Balaban J connectivity index is 1.54. The molecule has 170 valence electrons. The van der Waals surface area contributed by atoms with Gasteiger partial charge < -0.3 is 9.97 Å². The van der Waals surface area contributed by atoms with E-state index in [1.165, 1.54) is 0 Å². The lowest BCUT2D eigenvalue weighted by atomic mass is 10.0. The van der Waals surface area contributed by atoms with E-state index in [1.807, 2.05) is 60.8 Å². The predicted molar refractivity (Wildman–Crippen MR) is 146 cm³/mol. The molecule has 8 bridgehead atoms.